The number of anilines is 2. The molecule has 0 fully saturated rings. The van der Waals surface area contributed by atoms with E-state index in [1.807, 2.05) is 37.3 Å². The monoisotopic (exact) mass is 322 g/mol. The summed E-state index contributed by atoms with van der Waals surface area (Å²) in [6, 6.07) is 11.4. The second kappa shape index (κ2) is 6.83. The van der Waals surface area contributed by atoms with Gasteiger partial charge in [0.05, 0.1) is 10.0 Å². The summed E-state index contributed by atoms with van der Waals surface area (Å²) in [5.41, 5.74) is 3.63. The molecule has 0 aliphatic heterocycles. The summed E-state index contributed by atoms with van der Waals surface area (Å²) < 4.78 is 0. The van der Waals surface area contributed by atoms with Gasteiger partial charge in [0.1, 0.15) is 0 Å². The van der Waals surface area contributed by atoms with E-state index in [4.69, 9.17) is 23.2 Å². The van der Waals surface area contributed by atoms with Crippen LogP contribution in [0.25, 0.3) is 0 Å². The second-order valence-corrected chi connectivity index (χ2v) is 5.56. The SMILES string of the molecule is CC(=O)Nc1cc(NCc2cccc(Cl)c2Cl)ccc1C. The average Bonchev–Trinajstić information content (AvgIpc) is 2.43. The van der Waals surface area contributed by atoms with Crippen LogP contribution in [0.5, 0.6) is 0 Å². The predicted octanol–water partition coefficient (Wildman–Crippen LogP) is 4.87. The number of aryl methyl sites for hydroxylation is 1. The second-order valence-electron chi connectivity index (χ2n) is 4.78. The van der Waals surface area contributed by atoms with Gasteiger partial charge in [0.25, 0.3) is 0 Å². The lowest BCUT2D eigenvalue weighted by Gasteiger charge is -2.12. The summed E-state index contributed by atoms with van der Waals surface area (Å²) >= 11 is 12.1. The van der Waals surface area contributed by atoms with Crippen molar-refractivity contribution in [3.63, 3.8) is 0 Å². The van der Waals surface area contributed by atoms with Crippen molar-refractivity contribution in [2.24, 2.45) is 0 Å². The normalized spacial score (nSPS) is 10.3. The fourth-order valence-corrected chi connectivity index (χ4v) is 2.33. The number of carbonyl (C=O) groups excluding carboxylic acids is 1. The van der Waals surface area contributed by atoms with E-state index in [0.29, 0.717) is 16.6 Å². The Labute approximate surface area is 134 Å². The van der Waals surface area contributed by atoms with E-state index in [2.05, 4.69) is 10.6 Å². The van der Waals surface area contributed by atoms with Gasteiger partial charge in [0, 0.05) is 24.8 Å². The van der Waals surface area contributed by atoms with E-state index in [9.17, 15) is 4.79 Å². The van der Waals surface area contributed by atoms with Gasteiger partial charge in [0.15, 0.2) is 0 Å². The Bertz CT molecular complexity index is 671. The van der Waals surface area contributed by atoms with Gasteiger partial charge in [0.2, 0.25) is 5.91 Å². The minimum Gasteiger partial charge on any atom is -0.381 e. The summed E-state index contributed by atoms with van der Waals surface area (Å²) in [7, 11) is 0. The van der Waals surface area contributed by atoms with Gasteiger partial charge in [-0.3, -0.25) is 4.79 Å². The molecule has 2 aromatic carbocycles. The minimum absolute atomic E-state index is 0.0897. The smallest absolute Gasteiger partial charge is 0.221 e. The number of hydrogen-bond donors (Lipinski definition) is 2. The molecule has 2 aromatic rings. The highest BCUT2D eigenvalue weighted by Gasteiger charge is 2.05. The molecule has 21 heavy (non-hydrogen) atoms. The molecule has 0 aliphatic carbocycles. The van der Waals surface area contributed by atoms with Crippen LogP contribution in [0.2, 0.25) is 10.0 Å². The van der Waals surface area contributed by atoms with Crippen molar-refractivity contribution in [1.82, 2.24) is 0 Å². The molecule has 0 spiro atoms. The molecule has 0 heterocycles. The zero-order chi connectivity index (χ0) is 15.4. The van der Waals surface area contributed by atoms with Gasteiger partial charge < -0.3 is 10.6 Å². The molecule has 0 bridgehead atoms. The van der Waals surface area contributed by atoms with Gasteiger partial charge >= 0.3 is 0 Å². The molecule has 1 amide bonds. The molecule has 0 unspecified atom stereocenters. The number of hydrogen-bond acceptors (Lipinski definition) is 2. The fraction of sp³-hybridized carbons (Fsp3) is 0.188. The van der Waals surface area contributed by atoms with Crippen LogP contribution in [0.1, 0.15) is 18.1 Å². The largest absolute Gasteiger partial charge is 0.381 e. The number of rotatable bonds is 4. The molecule has 0 aliphatic rings. The molecule has 0 aromatic heterocycles. The number of carbonyl (C=O) groups is 1. The van der Waals surface area contributed by atoms with Crippen molar-refractivity contribution in [2.75, 3.05) is 10.6 Å². The van der Waals surface area contributed by atoms with Gasteiger partial charge in [-0.2, -0.15) is 0 Å². The standard InChI is InChI=1S/C16H16Cl2N2O/c1-10-6-7-13(8-15(10)20-11(2)21)19-9-12-4-3-5-14(17)16(12)18/h3-8,19H,9H2,1-2H3,(H,20,21). The Morgan fingerprint density at radius 2 is 1.95 bits per heavy atom. The fourth-order valence-electron chi connectivity index (χ4n) is 1.94. The molecule has 0 saturated carbocycles. The highest BCUT2D eigenvalue weighted by Crippen LogP contribution is 2.27. The van der Waals surface area contributed by atoms with Crippen LogP contribution in [-0.4, -0.2) is 5.91 Å². The maximum atomic E-state index is 11.2. The van der Waals surface area contributed by atoms with Crippen molar-refractivity contribution in [3.8, 4) is 0 Å². The van der Waals surface area contributed by atoms with E-state index in [0.717, 1.165) is 22.5 Å². The lowest BCUT2D eigenvalue weighted by Crippen LogP contribution is -2.08. The highest BCUT2D eigenvalue weighted by atomic mass is 35.5. The van der Waals surface area contributed by atoms with Gasteiger partial charge in [-0.15, -0.1) is 0 Å². The van der Waals surface area contributed by atoms with Crippen molar-refractivity contribution in [1.29, 1.82) is 0 Å². The molecule has 0 radical (unpaired) electrons. The maximum absolute atomic E-state index is 11.2. The van der Waals surface area contributed by atoms with Crippen LogP contribution >= 0.6 is 23.2 Å². The molecule has 0 saturated heterocycles. The van der Waals surface area contributed by atoms with E-state index >= 15 is 0 Å². The van der Waals surface area contributed by atoms with Crippen LogP contribution < -0.4 is 10.6 Å². The summed E-state index contributed by atoms with van der Waals surface area (Å²) in [6.07, 6.45) is 0. The molecule has 5 heteroatoms. The Hall–Kier alpha value is -1.71. The van der Waals surface area contributed by atoms with Crippen LogP contribution in [0, 0.1) is 6.92 Å². The third kappa shape index (κ3) is 4.13. The predicted molar refractivity (Wildman–Crippen MR) is 89.3 cm³/mol. The summed E-state index contributed by atoms with van der Waals surface area (Å²) in [5.74, 6) is -0.0897. The Morgan fingerprint density at radius 3 is 2.67 bits per heavy atom. The number of halogens is 2. The Balaban J connectivity index is 2.13. The van der Waals surface area contributed by atoms with E-state index < -0.39 is 0 Å². The molecule has 2 rings (SSSR count). The van der Waals surface area contributed by atoms with Crippen molar-refractivity contribution in [2.45, 2.75) is 20.4 Å². The molecule has 2 N–H and O–H groups in total. The third-order valence-electron chi connectivity index (χ3n) is 3.06. The highest BCUT2D eigenvalue weighted by molar-refractivity contribution is 6.42. The van der Waals surface area contributed by atoms with E-state index in [1.165, 1.54) is 6.92 Å². The van der Waals surface area contributed by atoms with Crippen molar-refractivity contribution >= 4 is 40.5 Å². The minimum atomic E-state index is -0.0897. The molecule has 0 atom stereocenters. The summed E-state index contributed by atoms with van der Waals surface area (Å²) in [6.45, 7) is 4.00. The first-order chi connectivity index (χ1) is 9.97. The molecule has 3 nitrogen and oxygen atoms in total. The Morgan fingerprint density at radius 1 is 1.19 bits per heavy atom. The lowest BCUT2D eigenvalue weighted by molar-refractivity contribution is -0.114. The summed E-state index contributed by atoms with van der Waals surface area (Å²) in [4.78, 5) is 11.2. The van der Waals surface area contributed by atoms with Crippen molar-refractivity contribution < 1.29 is 4.79 Å². The van der Waals surface area contributed by atoms with Crippen molar-refractivity contribution in [3.05, 3.63) is 57.6 Å². The summed E-state index contributed by atoms with van der Waals surface area (Å²) in [5, 5.41) is 7.18. The molecule has 110 valence electrons. The zero-order valence-electron chi connectivity index (χ0n) is 11.8. The first-order valence-electron chi connectivity index (χ1n) is 6.52. The van der Waals surface area contributed by atoms with Crippen LogP contribution in [0.4, 0.5) is 11.4 Å². The maximum Gasteiger partial charge on any atom is 0.221 e. The first kappa shape index (κ1) is 15.7. The van der Waals surface area contributed by atoms with E-state index in [1.54, 1.807) is 6.07 Å². The third-order valence-corrected chi connectivity index (χ3v) is 3.92. The quantitative estimate of drug-likeness (QED) is 0.842. The van der Waals surface area contributed by atoms with E-state index in [-0.39, 0.29) is 5.91 Å². The van der Waals surface area contributed by atoms with Crippen LogP contribution in [0.15, 0.2) is 36.4 Å². The zero-order valence-corrected chi connectivity index (χ0v) is 13.3. The Kier molecular flexibility index (Phi) is 5.10. The number of amides is 1. The van der Waals surface area contributed by atoms with Gasteiger partial charge in [-0.05, 0) is 36.2 Å². The average molecular weight is 323 g/mol. The number of benzene rings is 2. The molecular weight excluding hydrogens is 307 g/mol. The molecular formula is C16H16Cl2N2O. The first-order valence-corrected chi connectivity index (χ1v) is 7.28. The van der Waals surface area contributed by atoms with Crippen LogP contribution in [0.3, 0.4) is 0 Å². The number of nitrogens with one attached hydrogen (secondary N) is 2. The lowest BCUT2D eigenvalue weighted by atomic mass is 10.1. The van der Waals surface area contributed by atoms with Gasteiger partial charge in [-0.25, -0.2) is 0 Å². The topological polar surface area (TPSA) is 41.1 Å². The van der Waals surface area contributed by atoms with Crippen LogP contribution in [-0.2, 0) is 11.3 Å². The van der Waals surface area contributed by atoms with Gasteiger partial charge in [-0.1, -0.05) is 41.4 Å².